The zero-order chi connectivity index (χ0) is 14.5. The first-order chi connectivity index (χ1) is 9.60. The number of anilines is 1. The third-order valence-electron chi connectivity index (χ3n) is 3.00. The Morgan fingerprint density at radius 2 is 1.65 bits per heavy atom. The predicted molar refractivity (Wildman–Crippen MR) is 88.4 cm³/mol. The molecule has 0 amide bonds. The van der Waals surface area contributed by atoms with E-state index in [1.807, 2.05) is 73.6 Å². The third kappa shape index (κ3) is 3.49. The van der Waals surface area contributed by atoms with Crippen molar-refractivity contribution in [2.45, 2.75) is 0 Å². The van der Waals surface area contributed by atoms with E-state index in [9.17, 15) is 5.26 Å². The van der Waals surface area contributed by atoms with Gasteiger partial charge in [0.05, 0.1) is 11.6 Å². The highest BCUT2D eigenvalue weighted by molar-refractivity contribution is 9.10. The topological polar surface area (TPSA) is 27.0 Å². The maximum absolute atomic E-state index is 9.31. The van der Waals surface area contributed by atoms with Gasteiger partial charge in [-0.3, -0.25) is 0 Å². The summed E-state index contributed by atoms with van der Waals surface area (Å²) in [4.78, 5) is 2.05. The highest BCUT2D eigenvalue weighted by atomic mass is 79.9. The lowest BCUT2D eigenvalue weighted by molar-refractivity contribution is 1.13. The molecule has 0 unspecified atom stereocenters. The Bertz CT molecular complexity index is 647. The van der Waals surface area contributed by atoms with Crippen molar-refractivity contribution in [1.82, 2.24) is 0 Å². The van der Waals surface area contributed by atoms with E-state index in [-0.39, 0.29) is 0 Å². The molecule has 0 saturated heterocycles. The molecule has 0 heterocycles. The molecule has 20 heavy (non-hydrogen) atoms. The van der Waals surface area contributed by atoms with Crippen LogP contribution in [-0.2, 0) is 0 Å². The van der Waals surface area contributed by atoms with Crippen LogP contribution in [-0.4, -0.2) is 14.1 Å². The molecule has 2 rings (SSSR count). The number of halogens is 1. The van der Waals surface area contributed by atoms with Crippen molar-refractivity contribution in [3.63, 3.8) is 0 Å². The molecule has 0 fully saturated rings. The molecule has 0 aliphatic heterocycles. The average molecular weight is 327 g/mol. The summed E-state index contributed by atoms with van der Waals surface area (Å²) in [7, 11) is 4.01. The summed E-state index contributed by atoms with van der Waals surface area (Å²) in [5.41, 5.74) is 3.75. The molecule has 3 heteroatoms. The van der Waals surface area contributed by atoms with Crippen LogP contribution in [0.4, 0.5) is 5.69 Å². The van der Waals surface area contributed by atoms with E-state index in [4.69, 9.17) is 0 Å². The molecule has 0 atom stereocenters. The number of nitriles is 1. The van der Waals surface area contributed by atoms with Gasteiger partial charge in [0.25, 0.3) is 0 Å². The van der Waals surface area contributed by atoms with Crippen LogP contribution in [0, 0.1) is 11.3 Å². The standard InChI is InChI=1S/C17H15BrN2/c1-20(2)17-9-3-13(4-10-17)11-15(12-19)14-5-7-16(18)8-6-14/h3-11H,1-2H3/b15-11-. The number of hydrogen-bond acceptors (Lipinski definition) is 2. The van der Waals surface area contributed by atoms with E-state index in [1.54, 1.807) is 0 Å². The number of allylic oxidation sites excluding steroid dienone is 1. The first-order valence-corrected chi connectivity index (χ1v) is 7.04. The lowest BCUT2D eigenvalue weighted by atomic mass is 10.0. The summed E-state index contributed by atoms with van der Waals surface area (Å²) in [5.74, 6) is 0. The van der Waals surface area contributed by atoms with Crippen LogP contribution in [0.25, 0.3) is 11.6 Å². The molecule has 2 aromatic carbocycles. The van der Waals surface area contributed by atoms with Crippen molar-refractivity contribution in [2.24, 2.45) is 0 Å². The molecule has 0 aromatic heterocycles. The summed E-state index contributed by atoms with van der Waals surface area (Å²) in [5, 5.41) is 9.31. The molecule has 2 aromatic rings. The van der Waals surface area contributed by atoms with Gasteiger partial charge in [-0.2, -0.15) is 5.26 Å². The summed E-state index contributed by atoms with van der Waals surface area (Å²) >= 11 is 3.40. The number of hydrogen-bond donors (Lipinski definition) is 0. The van der Waals surface area contributed by atoms with Crippen molar-refractivity contribution >= 4 is 33.3 Å². The average Bonchev–Trinajstić information content (AvgIpc) is 2.46. The van der Waals surface area contributed by atoms with Gasteiger partial charge in [-0.15, -0.1) is 0 Å². The third-order valence-corrected chi connectivity index (χ3v) is 3.52. The fourth-order valence-electron chi connectivity index (χ4n) is 1.84. The van der Waals surface area contributed by atoms with Gasteiger partial charge in [0.1, 0.15) is 0 Å². The van der Waals surface area contributed by atoms with Crippen LogP contribution < -0.4 is 4.90 Å². The van der Waals surface area contributed by atoms with Gasteiger partial charge in [0, 0.05) is 24.3 Å². The quantitative estimate of drug-likeness (QED) is 0.609. The monoisotopic (exact) mass is 326 g/mol. The Balaban J connectivity index is 2.31. The van der Waals surface area contributed by atoms with Crippen LogP contribution in [0.15, 0.2) is 53.0 Å². The molecule has 0 aliphatic rings. The van der Waals surface area contributed by atoms with Crippen molar-refractivity contribution in [3.05, 3.63) is 64.1 Å². The van der Waals surface area contributed by atoms with E-state index in [0.29, 0.717) is 5.57 Å². The second-order valence-electron chi connectivity index (χ2n) is 4.66. The van der Waals surface area contributed by atoms with E-state index >= 15 is 0 Å². The Morgan fingerprint density at radius 3 is 2.15 bits per heavy atom. The van der Waals surface area contributed by atoms with Crippen LogP contribution >= 0.6 is 15.9 Å². The summed E-state index contributed by atoms with van der Waals surface area (Å²) < 4.78 is 1.01. The molecular formula is C17H15BrN2. The van der Waals surface area contributed by atoms with Gasteiger partial charge in [-0.25, -0.2) is 0 Å². The molecule has 0 saturated carbocycles. The Labute approximate surface area is 128 Å². The summed E-state index contributed by atoms with van der Waals surface area (Å²) in [6, 6.07) is 18.1. The van der Waals surface area contributed by atoms with Crippen LogP contribution in [0.5, 0.6) is 0 Å². The largest absolute Gasteiger partial charge is 0.378 e. The van der Waals surface area contributed by atoms with Gasteiger partial charge in [-0.05, 0) is 41.5 Å². The maximum atomic E-state index is 9.31. The fourth-order valence-corrected chi connectivity index (χ4v) is 2.11. The molecular weight excluding hydrogens is 312 g/mol. The summed E-state index contributed by atoms with van der Waals surface area (Å²) in [6.07, 6.45) is 1.91. The van der Waals surface area contributed by atoms with Crippen molar-refractivity contribution < 1.29 is 0 Å². The molecule has 0 spiro atoms. The zero-order valence-electron chi connectivity index (χ0n) is 11.5. The Morgan fingerprint density at radius 1 is 1.05 bits per heavy atom. The first kappa shape index (κ1) is 14.4. The highest BCUT2D eigenvalue weighted by Crippen LogP contribution is 2.21. The molecule has 2 nitrogen and oxygen atoms in total. The van der Waals surface area contributed by atoms with Crippen molar-refractivity contribution in [1.29, 1.82) is 5.26 Å². The van der Waals surface area contributed by atoms with Gasteiger partial charge in [0.2, 0.25) is 0 Å². The lowest BCUT2D eigenvalue weighted by Gasteiger charge is -2.11. The van der Waals surface area contributed by atoms with Crippen molar-refractivity contribution in [2.75, 3.05) is 19.0 Å². The van der Waals surface area contributed by atoms with Crippen LogP contribution in [0.1, 0.15) is 11.1 Å². The maximum Gasteiger partial charge on any atom is 0.0998 e. The summed E-state index contributed by atoms with van der Waals surface area (Å²) in [6.45, 7) is 0. The van der Waals surface area contributed by atoms with Crippen molar-refractivity contribution in [3.8, 4) is 6.07 Å². The van der Waals surface area contributed by atoms with E-state index in [1.165, 1.54) is 0 Å². The lowest BCUT2D eigenvalue weighted by Crippen LogP contribution is -2.07. The van der Waals surface area contributed by atoms with Gasteiger partial charge in [-0.1, -0.05) is 40.2 Å². The Hall–Kier alpha value is -2.05. The number of benzene rings is 2. The van der Waals surface area contributed by atoms with Gasteiger partial charge in [0.15, 0.2) is 0 Å². The first-order valence-electron chi connectivity index (χ1n) is 6.25. The minimum atomic E-state index is 0.662. The SMILES string of the molecule is CN(C)c1ccc(/C=C(/C#N)c2ccc(Br)cc2)cc1. The molecule has 0 bridgehead atoms. The number of rotatable bonds is 3. The zero-order valence-corrected chi connectivity index (χ0v) is 13.1. The second kappa shape index (κ2) is 6.40. The van der Waals surface area contributed by atoms with E-state index in [0.717, 1.165) is 21.3 Å². The normalized spacial score (nSPS) is 11.0. The van der Waals surface area contributed by atoms with Crippen LogP contribution in [0.2, 0.25) is 0 Å². The second-order valence-corrected chi connectivity index (χ2v) is 5.58. The predicted octanol–water partition coefficient (Wildman–Crippen LogP) is 4.58. The molecule has 0 radical (unpaired) electrons. The molecule has 0 N–H and O–H groups in total. The molecule has 100 valence electrons. The van der Waals surface area contributed by atoms with Gasteiger partial charge < -0.3 is 4.90 Å². The minimum absolute atomic E-state index is 0.662. The molecule has 0 aliphatic carbocycles. The van der Waals surface area contributed by atoms with E-state index in [2.05, 4.69) is 22.0 Å². The van der Waals surface area contributed by atoms with Crippen LogP contribution in [0.3, 0.4) is 0 Å². The highest BCUT2D eigenvalue weighted by Gasteiger charge is 2.01. The number of nitrogens with zero attached hydrogens (tertiary/aromatic N) is 2. The van der Waals surface area contributed by atoms with Gasteiger partial charge >= 0.3 is 0 Å². The smallest absolute Gasteiger partial charge is 0.0998 e. The van der Waals surface area contributed by atoms with E-state index < -0.39 is 0 Å². The fraction of sp³-hybridized carbons (Fsp3) is 0.118. The Kier molecular flexibility index (Phi) is 4.60. The minimum Gasteiger partial charge on any atom is -0.378 e.